The van der Waals surface area contributed by atoms with Crippen LogP contribution in [0.1, 0.15) is 38.2 Å². The van der Waals surface area contributed by atoms with Gasteiger partial charge in [0, 0.05) is 13.6 Å². The van der Waals surface area contributed by atoms with Gasteiger partial charge in [0.2, 0.25) is 11.9 Å². The lowest BCUT2D eigenvalue weighted by molar-refractivity contribution is -0.694. The Morgan fingerprint density at radius 1 is 1.26 bits per heavy atom. The van der Waals surface area contributed by atoms with Crippen LogP contribution in [0.5, 0.6) is 0 Å². The van der Waals surface area contributed by atoms with Crippen molar-refractivity contribution < 1.29 is 14.2 Å². The summed E-state index contributed by atoms with van der Waals surface area (Å²) in [5.41, 5.74) is 2.14. The molecule has 2 aliphatic heterocycles. The topological polar surface area (TPSA) is 61.8 Å². The summed E-state index contributed by atoms with van der Waals surface area (Å²) in [4.78, 5) is 32.6. The van der Waals surface area contributed by atoms with Gasteiger partial charge in [0.15, 0.2) is 0 Å². The fourth-order valence-electron chi connectivity index (χ4n) is 3.38. The normalized spacial score (nSPS) is 20.3. The number of hydrogen-bond acceptors (Lipinski definition) is 3. The van der Waals surface area contributed by atoms with Crippen LogP contribution in [0.4, 0.5) is 10.7 Å². The van der Waals surface area contributed by atoms with Gasteiger partial charge in [-0.2, -0.15) is 0 Å². The molecule has 3 amide bonds. The van der Waals surface area contributed by atoms with Crippen LogP contribution in [0.3, 0.4) is 0 Å². The first-order valence-corrected chi connectivity index (χ1v) is 8.08. The van der Waals surface area contributed by atoms with Gasteiger partial charge in [-0.15, -0.1) is 0 Å². The smallest absolute Gasteiger partial charge is 0.270 e. The first kappa shape index (κ1) is 15.7. The van der Waals surface area contributed by atoms with E-state index in [2.05, 4.69) is 30.3 Å². The molecule has 2 aliphatic rings. The fraction of sp³-hybridized carbons (Fsp3) is 0.625. The Morgan fingerprint density at radius 2 is 1.91 bits per heavy atom. The molecular formula is C16H24N5O2+. The van der Waals surface area contributed by atoms with Crippen LogP contribution >= 0.6 is 0 Å². The molecule has 1 aromatic heterocycles. The van der Waals surface area contributed by atoms with Crippen LogP contribution in [-0.2, 0) is 11.3 Å². The SMILES string of the molecule is CCN1C(=O)C2C(=Nc3n2c(C)c(C)[n+]3CC(C)C)N(C)C1=O. The van der Waals surface area contributed by atoms with Crippen LogP contribution in [0.2, 0.25) is 0 Å². The third-order valence-electron chi connectivity index (χ3n) is 4.69. The van der Waals surface area contributed by atoms with E-state index in [0.29, 0.717) is 18.3 Å². The number of imidazole rings is 1. The minimum Gasteiger partial charge on any atom is -0.270 e. The highest BCUT2D eigenvalue weighted by atomic mass is 16.2. The summed E-state index contributed by atoms with van der Waals surface area (Å²) >= 11 is 0. The van der Waals surface area contributed by atoms with E-state index in [1.54, 1.807) is 7.05 Å². The molecule has 3 heterocycles. The van der Waals surface area contributed by atoms with Gasteiger partial charge in [0.05, 0.1) is 6.54 Å². The zero-order valence-corrected chi connectivity index (χ0v) is 14.6. The Hall–Kier alpha value is -2.18. The van der Waals surface area contributed by atoms with Gasteiger partial charge in [-0.3, -0.25) is 14.6 Å². The van der Waals surface area contributed by atoms with E-state index in [4.69, 9.17) is 0 Å². The van der Waals surface area contributed by atoms with Crippen molar-refractivity contribution in [2.75, 3.05) is 13.6 Å². The maximum absolute atomic E-state index is 12.8. The highest BCUT2D eigenvalue weighted by Crippen LogP contribution is 2.35. The third kappa shape index (κ3) is 2.02. The lowest BCUT2D eigenvalue weighted by Gasteiger charge is -2.32. The molecular weight excluding hydrogens is 294 g/mol. The summed E-state index contributed by atoms with van der Waals surface area (Å²) in [6.45, 7) is 11.4. The molecule has 7 heteroatoms. The molecule has 1 atom stereocenters. The second-order valence-corrected chi connectivity index (χ2v) is 6.64. The van der Waals surface area contributed by atoms with Crippen molar-refractivity contribution in [3.63, 3.8) is 0 Å². The molecule has 1 saturated heterocycles. The number of fused-ring (bicyclic) bond motifs is 3. The maximum atomic E-state index is 12.8. The number of carbonyl (C=O) groups excluding carboxylic acids is 2. The van der Waals surface area contributed by atoms with Crippen LogP contribution in [0, 0.1) is 19.8 Å². The van der Waals surface area contributed by atoms with Crippen molar-refractivity contribution in [2.24, 2.45) is 10.9 Å². The Bertz CT molecular complexity index is 731. The van der Waals surface area contributed by atoms with Crippen LogP contribution in [0.15, 0.2) is 4.99 Å². The number of urea groups is 1. The van der Waals surface area contributed by atoms with Gasteiger partial charge in [-0.25, -0.2) is 13.9 Å². The molecule has 0 aliphatic carbocycles. The highest BCUT2D eigenvalue weighted by Gasteiger charge is 2.53. The van der Waals surface area contributed by atoms with E-state index in [9.17, 15) is 9.59 Å². The van der Waals surface area contributed by atoms with E-state index >= 15 is 0 Å². The predicted octanol–water partition coefficient (Wildman–Crippen LogP) is 1.55. The average Bonchev–Trinajstić information content (AvgIpc) is 2.98. The van der Waals surface area contributed by atoms with Crippen LogP contribution in [0.25, 0.3) is 0 Å². The van der Waals surface area contributed by atoms with E-state index in [1.165, 1.54) is 9.80 Å². The number of rotatable bonds is 3. The number of imide groups is 1. The lowest BCUT2D eigenvalue weighted by atomic mass is 10.1. The van der Waals surface area contributed by atoms with Crippen LogP contribution in [-0.4, -0.2) is 45.7 Å². The van der Waals surface area contributed by atoms with E-state index < -0.39 is 6.04 Å². The van der Waals surface area contributed by atoms with E-state index in [0.717, 1.165) is 23.9 Å². The summed E-state index contributed by atoms with van der Waals surface area (Å²) in [5, 5.41) is 0. The number of carbonyl (C=O) groups is 2. The molecule has 0 bridgehead atoms. The highest BCUT2D eigenvalue weighted by molar-refractivity contribution is 6.20. The third-order valence-corrected chi connectivity index (χ3v) is 4.69. The number of amidine groups is 1. The van der Waals surface area contributed by atoms with Gasteiger partial charge < -0.3 is 0 Å². The first-order chi connectivity index (χ1) is 10.8. The lowest BCUT2D eigenvalue weighted by Crippen LogP contribution is -2.57. The molecule has 0 spiro atoms. The zero-order valence-electron chi connectivity index (χ0n) is 14.6. The minimum absolute atomic E-state index is 0.192. The molecule has 124 valence electrons. The van der Waals surface area contributed by atoms with Crippen molar-refractivity contribution in [3.05, 3.63) is 11.4 Å². The molecule has 0 saturated carbocycles. The Kier molecular flexibility index (Phi) is 3.54. The van der Waals surface area contributed by atoms with Crippen molar-refractivity contribution in [1.29, 1.82) is 0 Å². The van der Waals surface area contributed by atoms with Gasteiger partial charge in [-0.1, -0.05) is 18.8 Å². The minimum atomic E-state index is -0.528. The molecule has 1 unspecified atom stereocenters. The van der Waals surface area contributed by atoms with Crippen molar-refractivity contribution in [2.45, 2.75) is 47.2 Å². The molecule has 0 N–H and O–H groups in total. The van der Waals surface area contributed by atoms with Gasteiger partial charge in [0.1, 0.15) is 11.4 Å². The average molecular weight is 318 g/mol. The van der Waals surface area contributed by atoms with Gasteiger partial charge in [-0.05, 0) is 26.7 Å². The molecule has 0 radical (unpaired) electrons. The summed E-state index contributed by atoms with van der Waals surface area (Å²) in [5.74, 6) is 1.57. The Morgan fingerprint density at radius 3 is 2.48 bits per heavy atom. The number of amides is 3. The van der Waals surface area contributed by atoms with E-state index in [-0.39, 0.29) is 11.9 Å². The molecule has 0 aromatic carbocycles. The quantitative estimate of drug-likeness (QED) is 0.794. The number of nitrogens with zero attached hydrogens (tertiary/aromatic N) is 5. The van der Waals surface area contributed by atoms with Crippen molar-refractivity contribution >= 4 is 23.7 Å². The van der Waals surface area contributed by atoms with Crippen molar-refractivity contribution in [1.82, 2.24) is 14.4 Å². The summed E-state index contributed by atoms with van der Waals surface area (Å²) in [6.07, 6.45) is 0. The first-order valence-electron chi connectivity index (χ1n) is 8.08. The molecule has 1 fully saturated rings. The number of aliphatic imine (C=N–C) groups is 1. The number of aromatic nitrogens is 2. The molecule has 7 nitrogen and oxygen atoms in total. The number of likely N-dealkylation sites (N-methyl/N-ethyl adjacent to an activating group) is 2. The summed E-state index contributed by atoms with van der Waals surface area (Å²) in [6, 6.07) is -0.831. The Balaban J connectivity index is 2.17. The van der Waals surface area contributed by atoms with Crippen molar-refractivity contribution in [3.8, 4) is 0 Å². The zero-order chi connectivity index (χ0) is 17.0. The van der Waals surface area contributed by atoms with Gasteiger partial charge in [0.25, 0.3) is 5.91 Å². The standard InChI is InChI=1S/C16H24N5O2/c1-7-19-14(22)12-13(18(6)16(19)23)17-15-20(8-9(2)3)10(4)11(5)21(12)15/h9,12H,7-8H2,1-6H3/q+1. The maximum Gasteiger partial charge on any atom is 0.402 e. The van der Waals surface area contributed by atoms with Crippen LogP contribution < -0.4 is 4.57 Å². The second-order valence-electron chi connectivity index (χ2n) is 6.64. The number of hydrogen-bond donors (Lipinski definition) is 0. The monoisotopic (exact) mass is 318 g/mol. The Labute approximate surface area is 136 Å². The summed E-state index contributed by atoms with van der Waals surface area (Å²) in [7, 11) is 1.69. The molecule has 1 aromatic rings. The summed E-state index contributed by atoms with van der Waals surface area (Å²) < 4.78 is 4.12. The van der Waals surface area contributed by atoms with E-state index in [1.807, 2.05) is 18.4 Å². The predicted molar refractivity (Wildman–Crippen MR) is 85.6 cm³/mol. The molecule has 3 rings (SSSR count). The fourth-order valence-corrected chi connectivity index (χ4v) is 3.38. The largest absolute Gasteiger partial charge is 0.402 e. The molecule has 23 heavy (non-hydrogen) atoms. The second kappa shape index (κ2) is 5.18. The van der Waals surface area contributed by atoms with Gasteiger partial charge >= 0.3 is 12.0 Å².